The lowest BCUT2D eigenvalue weighted by Crippen LogP contribution is -2.37. The summed E-state index contributed by atoms with van der Waals surface area (Å²) in [5.41, 5.74) is 9.97. The Morgan fingerprint density at radius 2 is 0.774 bits per heavy atom. The molecule has 254 valence electrons. The van der Waals surface area contributed by atoms with Crippen molar-refractivity contribution in [1.29, 1.82) is 0 Å². The number of fused-ring (bicyclic) bond motifs is 3. The maximum atomic E-state index is 5.10. The van der Waals surface area contributed by atoms with Crippen LogP contribution in [-0.4, -0.2) is 23.0 Å². The van der Waals surface area contributed by atoms with E-state index < -0.39 is 8.07 Å². The number of nitrogens with zero attached hydrogens (tertiary/aromatic N) is 3. The Labute approximate surface area is 315 Å². The minimum atomic E-state index is -1.35. The van der Waals surface area contributed by atoms with E-state index in [1.807, 2.05) is 18.2 Å². The molecule has 0 aliphatic heterocycles. The second-order valence-electron chi connectivity index (χ2n) is 14.6. The van der Waals surface area contributed by atoms with E-state index in [0.29, 0.717) is 17.5 Å². The monoisotopic (exact) mass is 715 g/mol. The van der Waals surface area contributed by atoms with E-state index in [0.717, 1.165) is 27.8 Å². The van der Waals surface area contributed by atoms with Gasteiger partial charge in [-0.15, -0.1) is 11.3 Å². The summed E-state index contributed by atoms with van der Waals surface area (Å²) in [6.45, 7) is 7.17. The molecule has 0 N–H and O–H groups in total. The molecule has 5 heteroatoms. The summed E-state index contributed by atoms with van der Waals surface area (Å²) in [7, 11) is -1.35. The summed E-state index contributed by atoms with van der Waals surface area (Å²) in [5, 5.41) is 4.01. The van der Waals surface area contributed by atoms with Crippen molar-refractivity contribution in [3.05, 3.63) is 170 Å². The van der Waals surface area contributed by atoms with Gasteiger partial charge < -0.3 is 0 Å². The van der Waals surface area contributed by atoms with Crippen LogP contribution in [0.25, 0.3) is 87.7 Å². The zero-order chi connectivity index (χ0) is 35.9. The molecule has 3 nitrogen and oxygen atoms in total. The first kappa shape index (κ1) is 32.9. The van der Waals surface area contributed by atoms with E-state index in [4.69, 9.17) is 15.0 Å². The van der Waals surface area contributed by atoms with Gasteiger partial charge in [0.25, 0.3) is 0 Å². The lowest BCUT2D eigenvalue weighted by molar-refractivity contribution is 1.07. The van der Waals surface area contributed by atoms with Crippen molar-refractivity contribution >= 4 is 44.8 Å². The molecule has 0 saturated heterocycles. The lowest BCUT2D eigenvalue weighted by Gasteiger charge is -2.17. The molecule has 0 saturated carbocycles. The molecule has 0 amide bonds. The van der Waals surface area contributed by atoms with E-state index >= 15 is 0 Å². The number of hydrogen-bond donors (Lipinski definition) is 0. The summed E-state index contributed by atoms with van der Waals surface area (Å²) < 4.78 is 2.50. The molecule has 0 aliphatic rings. The summed E-state index contributed by atoms with van der Waals surface area (Å²) in [6.07, 6.45) is 0. The van der Waals surface area contributed by atoms with Crippen molar-refractivity contribution in [3.63, 3.8) is 0 Å². The highest BCUT2D eigenvalue weighted by atomic mass is 32.1. The first-order valence-electron chi connectivity index (χ1n) is 18.0. The summed E-state index contributed by atoms with van der Waals surface area (Å²) in [4.78, 5) is 15.2. The fourth-order valence-corrected chi connectivity index (χ4v) is 9.28. The normalized spacial score (nSPS) is 11.7. The highest BCUT2D eigenvalue weighted by Crippen LogP contribution is 2.37. The maximum absolute atomic E-state index is 5.10. The first-order valence-corrected chi connectivity index (χ1v) is 22.3. The van der Waals surface area contributed by atoms with Gasteiger partial charge in [0, 0.05) is 36.9 Å². The summed E-state index contributed by atoms with van der Waals surface area (Å²) in [6, 6.07) is 60.6. The van der Waals surface area contributed by atoms with E-state index in [1.165, 1.54) is 47.6 Å². The highest BCUT2D eigenvalue weighted by molar-refractivity contribution is 7.25. The Bertz CT molecular complexity index is 2760. The SMILES string of the molecule is C[Si](C)(C)c1ccc(-c2cccc(-c3cccc(-c4cccc(-c5nc(-c6ccccc6)nc(-c6ccc7c(c6)sc6ccccc67)n5)c4)c3)c2)cc1. The van der Waals surface area contributed by atoms with Crippen LogP contribution in [0, 0.1) is 0 Å². The third-order valence-electron chi connectivity index (χ3n) is 9.90. The van der Waals surface area contributed by atoms with Gasteiger partial charge in [-0.3, -0.25) is 0 Å². The number of thiophene rings is 1. The Balaban J connectivity index is 1.08. The second kappa shape index (κ2) is 13.5. The quantitative estimate of drug-likeness (QED) is 0.154. The topological polar surface area (TPSA) is 38.7 Å². The molecule has 2 aromatic heterocycles. The van der Waals surface area contributed by atoms with E-state index in [9.17, 15) is 0 Å². The largest absolute Gasteiger partial charge is 0.208 e. The van der Waals surface area contributed by atoms with Crippen LogP contribution in [0.3, 0.4) is 0 Å². The van der Waals surface area contributed by atoms with Gasteiger partial charge in [-0.05, 0) is 63.7 Å². The molecule has 2 heterocycles. The van der Waals surface area contributed by atoms with Crippen LogP contribution < -0.4 is 5.19 Å². The fourth-order valence-electron chi connectivity index (χ4n) is 6.97. The minimum Gasteiger partial charge on any atom is -0.208 e. The standard InChI is InChI=1S/C48H37N3SSi/c1-53(2,3)41-25-22-32(23-26-41)34-14-9-15-35(28-34)36-16-10-17-37(29-36)38-18-11-19-39(30-38)47-49-46(33-12-5-4-6-13-33)50-48(51-47)40-24-27-43-42-20-7-8-21-44(42)52-45(43)31-40/h4-31H,1-3H3. The predicted octanol–water partition coefficient (Wildman–Crippen LogP) is 12.8. The summed E-state index contributed by atoms with van der Waals surface area (Å²) in [5.74, 6) is 1.97. The molecule has 0 fully saturated rings. The van der Waals surface area contributed by atoms with Crippen molar-refractivity contribution < 1.29 is 0 Å². The van der Waals surface area contributed by atoms with Gasteiger partial charge in [-0.1, -0.05) is 164 Å². The average Bonchev–Trinajstić information content (AvgIpc) is 3.59. The van der Waals surface area contributed by atoms with Crippen LogP contribution in [0.1, 0.15) is 0 Å². The Morgan fingerprint density at radius 3 is 1.38 bits per heavy atom. The van der Waals surface area contributed by atoms with Crippen LogP contribution in [0.15, 0.2) is 170 Å². The molecule has 53 heavy (non-hydrogen) atoms. The molecule has 0 bridgehead atoms. The molecular formula is C48H37N3SSi. The Kier molecular flexibility index (Phi) is 8.38. The molecule has 7 aromatic carbocycles. The molecule has 0 spiro atoms. The van der Waals surface area contributed by atoms with Crippen LogP contribution in [0.2, 0.25) is 19.6 Å². The number of hydrogen-bond acceptors (Lipinski definition) is 4. The van der Waals surface area contributed by atoms with Gasteiger partial charge in [-0.25, -0.2) is 15.0 Å². The van der Waals surface area contributed by atoms with Crippen LogP contribution in [0.4, 0.5) is 0 Å². The second-order valence-corrected chi connectivity index (χ2v) is 20.7. The molecular weight excluding hydrogens is 679 g/mol. The van der Waals surface area contributed by atoms with Crippen LogP contribution in [0.5, 0.6) is 0 Å². The maximum Gasteiger partial charge on any atom is 0.164 e. The molecule has 0 unspecified atom stereocenters. The fraction of sp³-hybridized carbons (Fsp3) is 0.0625. The van der Waals surface area contributed by atoms with Crippen LogP contribution in [-0.2, 0) is 0 Å². The van der Waals surface area contributed by atoms with Crippen LogP contribution >= 0.6 is 11.3 Å². The zero-order valence-corrected chi connectivity index (χ0v) is 31.7. The van der Waals surface area contributed by atoms with E-state index in [-0.39, 0.29) is 0 Å². The van der Waals surface area contributed by atoms with Gasteiger partial charge in [0.2, 0.25) is 0 Å². The van der Waals surface area contributed by atoms with Gasteiger partial charge in [0.05, 0.1) is 8.07 Å². The third kappa shape index (κ3) is 6.61. The predicted molar refractivity (Wildman–Crippen MR) is 228 cm³/mol. The van der Waals surface area contributed by atoms with Crippen molar-refractivity contribution in [2.75, 3.05) is 0 Å². The third-order valence-corrected chi connectivity index (χ3v) is 13.1. The molecule has 9 aromatic rings. The smallest absolute Gasteiger partial charge is 0.164 e. The van der Waals surface area contributed by atoms with Crippen molar-refractivity contribution in [3.8, 4) is 67.5 Å². The molecule has 0 aliphatic carbocycles. The van der Waals surface area contributed by atoms with Crippen molar-refractivity contribution in [1.82, 2.24) is 15.0 Å². The number of rotatable bonds is 7. The van der Waals surface area contributed by atoms with Gasteiger partial charge >= 0.3 is 0 Å². The zero-order valence-electron chi connectivity index (χ0n) is 29.9. The summed E-state index contributed by atoms with van der Waals surface area (Å²) >= 11 is 1.80. The Morgan fingerprint density at radius 1 is 0.340 bits per heavy atom. The Hall–Kier alpha value is -6.01. The first-order chi connectivity index (χ1) is 25.9. The highest BCUT2D eigenvalue weighted by Gasteiger charge is 2.17. The molecule has 0 radical (unpaired) electrons. The minimum absolute atomic E-state index is 0.649. The van der Waals surface area contributed by atoms with Gasteiger partial charge in [0.15, 0.2) is 17.5 Å². The van der Waals surface area contributed by atoms with E-state index in [2.05, 4.69) is 171 Å². The van der Waals surface area contributed by atoms with Crippen molar-refractivity contribution in [2.24, 2.45) is 0 Å². The number of benzene rings is 7. The number of aromatic nitrogens is 3. The average molecular weight is 716 g/mol. The van der Waals surface area contributed by atoms with E-state index in [1.54, 1.807) is 11.3 Å². The molecule has 0 atom stereocenters. The van der Waals surface area contributed by atoms with Crippen molar-refractivity contribution in [2.45, 2.75) is 19.6 Å². The lowest BCUT2D eigenvalue weighted by atomic mass is 9.95. The van der Waals surface area contributed by atoms with Gasteiger partial charge in [-0.2, -0.15) is 0 Å². The molecule has 9 rings (SSSR count). The van der Waals surface area contributed by atoms with Gasteiger partial charge in [0.1, 0.15) is 0 Å².